The van der Waals surface area contributed by atoms with E-state index >= 15 is 0 Å². The van der Waals surface area contributed by atoms with Crippen LogP contribution in [0, 0.1) is 6.92 Å². The number of amides is 1. The summed E-state index contributed by atoms with van der Waals surface area (Å²) in [6.45, 7) is 5.89. The molecular weight excluding hydrogens is 352 g/mol. The van der Waals surface area contributed by atoms with Gasteiger partial charge in [0.15, 0.2) is 5.82 Å². The first-order valence-corrected chi connectivity index (χ1v) is 10.2. The van der Waals surface area contributed by atoms with Gasteiger partial charge < -0.3 is 5.32 Å². The van der Waals surface area contributed by atoms with Crippen molar-refractivity contribution in [2.24, 2.45) is 0 Å². The molecule has 3 rings (SSSR count). The van der Waals surface area contributed by atoms with E-state index in [9.17, 15) is 13.2 Å². The Labute approximate surface area is 153 Å². The van der Waals surface area contributed by atoms with E-state index in [2.05, 4.69) is 15.5 Å². The van der Waals surface area contributed by atoms with Crippen LogP contribution in [0.5, 0.6) is 0 Å². The standard InChI is InChI=1S/C18H24N4O3S/c1-12-10-17(21-20-12)19-18(23)16-8-6-15(7-9-16)11-22-13(2)4-5-14(3)26(22,24)25/h6-10,13-14H,4-5,11H2,1-3H3,(H2,19,20,21,23)/t13-,14?/m0/s1. The Morgan fingerprint density at radius 3 is 2.58 bits per heavy atom. The number of aryl methyl sites for hydroxylation is 1. The van der Waals surface area contributed by atoms with E-state index in [0.29, 0.717) is 24.3 Å². The number of sulfonamides is 1. The summed E-state index contributed by atoms with van der Waals surface area (Å²) in [5.41, 5.74) is 2.22. The summed E-state index contributed by atoms with van der Waals surface area (Å²) < 4.78 is 26.7. The topological polar surface area (TPSA) is 95.2 Å². The minimum absolute atomic E-state index is 0.0120. The molecule has 2 N–H and O–H groups in total. The van der Waals surface area contributed by atoms with Gasteiger partial charge in [-0.05, 0) is 51.3 Å². The van der Waals surface area contributed by atoms with Crippen molar-refractivity contribution in [1.29, 1.82) is 0 Å². The Morgan fingerprint density at radius 2 is 1.96 bits per heavy atom. The second kappa shape index (κ2) is 7.20. The highest BCUT2D eigenvalue weighted by molar-refractivity contribution is 7.89. The zero-order chi connectivity index (χ0) is 18.9. The number of hydrogen-bond donors (Lipinski definition) is 2. The Hall–Kier alpha value is -2.19. The Kier molecular flexibility index (Phi) is 5.15. The smallest absolute Gasteiger partial charge is 0.256 e. The molecule has 1 amide bonds. The summed E-state index contributed by atoms with van der Waals surface area (Å²) in [6.07, 6.45) is 1.57. The summed E-state index contributed by atoms with van der Waals surface area (Å²) in [7, 11) is -3.27. The lowest BCUT2D eigenvalue weighted by molar-refractivity contribution is 0.102. The number of carbonyl (C=O) groups excluding carboxylic acids is 1. The first-order valence-electron chi connectivity index (χ1n) is 8.70. The predicted molar refractivity (Wildman–Crippen MR) is 100 cm³/mol. The van der Waals surface area contributed by atoms with Crippen molar-refractivity contribution in [1.82, 2.24) is 14.5 Å². The molecule has 2 atom stereocenters. The molecule has 8 heteroatoms. The highest BCUT2D eigenvalue weighted by atomic mass is 32.2. The van der Waals surface area contributed by atoms with Crippen LogP contribution >= 0.6 is 0 Å². The molecule has 2 aromatic rings. The Morgan fingerprint density at radius 1 is 1.27 bits per heavy atom. The molecule has 1 saturated heterocycles. The van der Waals surface area contributed by atoms with Gasteiger partial charge in [0.25, 0.3) is 5.91 Å². The molecule has 26 heavy (non-hydrogen) atoms. The number of aromatic nitrogens is 2. The quantitative estimate of drug-likeness (QED) is 0.857. The van der Waals surface area contributed by atoms with Gasteiger partial charge in [0, 0.05) is 29.9 Å². The summed E-state index contributed by atoms with van der Waals surface area (Å²) in [6, 6.07) is 8.74. The number of aromatic amines is 1. The van der Waals surface area contributed by atoms with Crippen LogP contribution in [0.4, 0.5) is 5.82 Å². The normalized spacial score (nSPS) is 22.9. The first-order chi connectivity index (χ1) is 12.3. The second-order valence-electron chi connectivity index (χ2n) is 6.91. The minimum Gasteiger partial charge on any atom is -0.305 e. The minimum atomic E-state index is -3.27. The number of nitrogens with zero attached hydrogens (tertiary/aromatic N) is 2. The molecule has 2 heterocycles. The summed E-state index contributed by atoms with van der Waals surface area (Å²) >= 11 is 0. The third kappa shape index (κ3) is 3.81. The zero-order valence-electron chi connectivity index (χ0n) is 15.2. The first kappa shape index (κ1) is 18.6. The Bertz CT molecular complexity index is 889. The van der Waals surface area contributed by atoms with Crippen molar-refractivity contribution in [3.8, 4) is 0 Å². The number of hydrogen-bond acceptors (Lipinski definition) is 4. The number of nitrogens with one attached hydrogen (secondary N) is 2. The zero-order valence-corrected chi connectivity index (χ0v) is 16.0. The van der Waals surface area contributed by atoms with Crippen LogP contribution in [0.25, 0.3) is 0 Å². The van der Waals surface area contributed by atoms with Crippen molar-refractivity contribution < 1.29 is 13.2 Å². The molecule has 0 bridgehead atoms. The molecule has 1 aromatic carbocycles. The summed E-state index contributed by atoms with van der Waals surface area (Å²) in [4.78, 5) is 12.3. The van der Waals surface area contributed by atoms with Crippen LogP contribution in [-0.4, -0.2) is 40.1 Å². The van der Waals surface area contributed by atoms with E-state index in [-0.39, 0.29) is 17.2 Å². The van der Waals surface area contributed by atoms with E-state index in [1.54, 1.807) is 41.6 Å². The molecular formula is C18H24N4O3S. The molecule has 1 aliphatic heterocycles. The summed E-state index contributed by atoms with van der Waals surface area (Å²) in [5.74, 6) is 0.217. The number of H-pyrrole nitrogens is 1. The molecule has 1 fully saturated rings. The van der Waals surface area contributed by atoms with Crippen LogP contribution in [-0.2, 0) is 16.6 Å². The van der Waals surface area contributed by atoms with Crippen molar-refractivity contribution in [2.45, 2.75) is 51.4 Å². The molecule has 0 radical (unpaired) electrons. The van der Waals surface area contributed by atoms with Gasteiger partial charge in [-0.2, -0.15) is 9.40 Å². The van der Waals surface area contributed by atoms with Crippen molar-refractivity contribution in [3.05, 3.63) is 47.2 Å². The number of carbonyl (C=O) groups is 1. The summed E-state index contributed by atoms with van der Waals surface area (Å²) in [5, 5.41) is 9.12. The van der Waals surface area contributed by atoms with Gasteiger partial charge in [-0.25, -0.2) is 8.42 Å². The average molecular weight is 376 g/mol. The van der Waals surface area contributed by atoms with Crippen molar-refractivity contribution in [3.63, 3.8) is 0 Å². The van der Waals surface area contributed by atoms with E-state index in [1.165, 1.54) is 0 Å². The number of anilines is 1. The molecule has 140 valence electrons. The molecule has 0 spiro atoms. The number of rotatable bonds is 4. The molecule has 7 nitrogen and oxygen atoms in total. The largest absolute Gasteiger partial charge is 0.305 e. The average Bonchev–Trinajstić information content (AvgIpc) is 3.01. The lowest BCUT2D eigenvalue weighted by Gasteiger charge is -2.36. The molecule has 1 unspecified atom stereocenters. The van der Waals surface area contributed by atoms with E-state index in [1.807, 2.05) is 13.8 Å². The highest BCUT2D eigenvalue weighted by Gasteiger charge is 2.36. The molecule has 1 aliphatic rings. The van der Waals surface area contributed by atoms with Gasteiger partial charge in [0.2, 0.25) is 10.0 Å². The van der Waals surface area contributed by atoms with Gasteiger partial charge in [-0.3, -0.25) is 9.89 Å². The lowest BCUT2D eigenvalue weighted by Crippen LogP contribution is -2.47. The number of benzene rings is 1. The van der Waals surface area contributed by atoms with Crippen molar-refractivity contribution >= 4 is 21.7 Å². The maximum Gasteiger partial charge on any atom is 0.256 e. The fourth-order valence-corrected chi connectivity index (χ4v) is 4.94. The molecule has 0 saturated carbocycles. The van der Waals surface area contributed by atoms with Gasteiger partial charge >= 0.3 is 0 Å². The fraction of sp³-hybridized carbons (Fsp3) is 0.444. The van der Waals surface area contributed by atoms with E-state index in [4.69, 9.17) is 0 Å². The third-order valence-corrected chi connectivity index (χ3v) is 7.22. The van der Waals surface area contributed by atoms with Gasteiger partial charge in [-0.1, -0.05) is 12.1 Å². The van der Waals surface area contributed by atoms with Crippen LogP contribution in [0.2, 0.25) is 0 Å². The van der Waals surface area contributed by atoms with Crippen molar-refractivity contribution in [2.75, 3.05) is 5.32 Å². The maximum atomic E-state index is 12.6. The SMILES string of the molecule is Cc1cc(NC(=O)c2ccc(CN3[C@@H](C)CCC(C)S3(=O)=O)cc2)n[nH]1. The van der Waals surface area contributed by atoms with Gasteiger partial charge in [0.05, 0.1) is 5.25 Å². The van der Waals surface area contributed by atoms with E-state index < -0.39 is 10.0 Å². The second-order valence-corrected chi connectivity index (χ2v) is 9.22. The maximum absolute atomic E-state index is 12.6. The monoisotopic (exact) mass is 376 g/mol. The van der Waals surface area contributed by atoms with E-state index in [0.717, 1.165) is 17.7 Å². The fourth-order valence-electron chi connectivity index (χ4n) is 3.11. The highest BCUT2D eigenvalue weighted by Crippen LogP contribution is 2.27. The Balaban J connectivity index is 1.70. The van der Waals surface area contributed by atoms with Crippen LogP contribution in [0.15, 0.2) is 30.3 Å². The predicted octanol–water partition coefficient (Wildman–Crippen LogP) is 2.67. The molecule has 1 aromatic heterocycles. The third-order valence-electron chi connectivity index (χ3n) is 4.82. The van der Waals surface area contributed by atoms with Gasteiger partial charge in [0.1, 0.15) is 0 Å². The van der Waals surface area contributed by atoms with Crippen LogP contribution in [0.3, 0.4) is 0 Å². The molecule has 0 aliphatic carbocycles. The van der Waals surface area contributed by atoms with Crippen LogP contribution < -0.4 is 5.32 Å². The van der Waals surface area contributed by atoms with Gasteiger partial charge in [-0.15, -0.1) is 0 Å². The lowest BCUT2D eigenvalue weighted by atomic mass is 10.1. The van der Waals surface area contributed by atoms with Crippen LogP contribution in [0.1, 0.15) is 48.3 Å².